The van der Waals surface area contributed by atoms with Crippen LogP contribution in [0.3, 0.4) is 0 Å². The first-order valence-electron chi connectivity index (χ1n) is 25.6. The summed E-state index contributed by atoms with van der Waals surface area (Å²) in [6.45, 7) is 1.58. The fourth-order valence-corrected chi connectivity index (χ4v) is 9.08. The first-order chi connectivity index (χ1) is 37.3. The minimum atomic E-state index is -2.35. The molecule has 1 fully saturated rings. The Labute approximate surface area is 445 Å². The van der Waals surface area contributed by atoms with Gasteiger partial charge < -0.3 is 57.3 Å². The second kappa shape index (κ2) is 28.4. The lowest BCUT2D eigenvalue weighted by Crippen LogP contribution is -2.72. The lowest BCUT2D eigenvalue weighted by molar-refractivity contribution is -0.414. The standard InChI is InChI=1S/C63H67FO12/c1-67-55-27-22-51(23-28-55)40-70-45-62(46-71-41-52-24-29-56(68-2)30-25-52)60(74-43-49-16-8-4-9-17-49)59(73-42-48-14-6-3-7-15-48)61(75-44-50-18-10-5-11-19-50)63(66,76-62)54-26-33-58(64)53(39-54)38-47-20-31-57(32-21-47)72-37-13-36-69-35-12-34-65/h3-11,14-34,39,59-61,66H,12-13,35-38,40-46H2,1-2H3/t59-,60-,61-,63-/m0/s1. The maximum atomic E-state index is 16.3. The fraction of sp³-hybridized carbons (Fsp3) is 0.317. The minimum absolute atomic E-state index is 0.0540. The number of hydrogen-bond donors (Lipinski definition) is 1. The SMILES string of the molecule is COc1ccc(COCC2(COCc3ccc(OC)cc3)O[C@@](O)(c3ccc(F)c(Cc4ccc(OCCCOCCC=O)cc4)c3)[C@@H](OCc3ccccc3)[C@@H](OCc3ccccc3)[C@@H]2OCc2ccccc2)cc1. The van der Waals surface area contributed by atoms with E-state index in [1.54, 1.807) is 20.3 Å². The molecule has 398 valence electrons. The number of aliphatic hydroxyl groups is 1. The van der Waals surface area contributed by atoms with Crippen molar-refractivity contribution in [2.45, 2.75) is 82.0 Å². The summed E-state index contributed by atoms with van der Waals surface area (Å²) >= 11 is 0. The Kier molecular flexibility index (Phi) is 20.7. The van der Waals surface area contributed by atoms with Gasteiger partial charge in [0.1, 0.15) is 53.3 Å². The molecule has 13 heteroatoms. The van der Waals surface area contributed by atoms with Crippen LogP contribution in [0.15, 0.2) is 182 Å². The predicted molar refractivity (Wildman–Crippen MR) is 285 cm³/mol. The Morgan fingerprint density at radius 3 is 1.54 bits per heavy atom. The molecule has 0 aliphatic carbocycles. The van der Waals surface area contributed by atoms with E-state index in [0.717, 1.165) is 39.7 Å². The van der Waals surface area contributed by atoms with Gasteiger partial charge >= 0.3 is 0 Å². The third-order valence-electron chi connectivity index (χ3n) is 13.1. The zero-order valence-electron chi connectivity index (χ0n) is 43.1. The molecule has 8 rings (SSSR count). The molecule has 1 saturated heterocycles. The Morgan fingerprint density at radius 1 is 0.526 bits per heavy atom. The number of carbonyl (C=O) groups excluding carboxylic acids is 1. The van der Waals surface area contributed by atoms with Gasteiger partial charge in [0.25, 0.3) is 0 Å². The molecule has 0 aromatic heterocycles. The number of carbonyl (C=O) groups is 1. The number of ether oxygens (including phenoxy) is 10. The molecule has 0 saturated carbocycles. The molecule has 1 heterocycles. The summed E-state index contributed by atoms with van der Waals surface area (Å²) in [5.74, 6) is -0.772. The quantitative estimate of drug-likeness (QED) is 0.0340. The molecule has 76 heavy (non-hydrogen) atoms. The fourth-order valence-electron chi connectivity index (χ4n) is 9.08. The first-order valence-corrected chi connectivity index (χ1v) is 25.6. The van der Waals surface area contributed by atoms with E-state index in [1.165, 1.54) is 12.1 Å². The average Bonchev–Trinajstić information content (AvgIpc) is 3.47. The lowest BCUT2D eigenvalue weighted by atomic mass is 9.80. The van der Waals surface area contributed by atoms with E-state index in [0.29, 0.717) is 55.5 Å². The van der Waals surface area contributed by atoms with E-state index in [2.05, 4.69) is 0 Å². The number of hydrogen-bond acceptors (Lipinski definition) is 12. The third kappa shape index (κ3) is 15.4. The highest BCUT2D eigenvalue weighted by molar-refractivity contribution is 5.49. The van der Waals surface area contributed by atoms with Gasteiger partial charge in [-0.25, -0.2) is 4.39 Å². The largest absolute Gasteiger partial charge is 0.497 e. The highest BCUT2D eigenvalue weighted by Crippen LogP contribution is 2.47. The van der Waals surface area contributed by atoms with Crippen molar-refractivity contribution in [2.75, 3.05) is 47.3 Å². The van der Waals surface area contributed by atoms with E-state index >= 15 is 4.39 Å². The molecule has 1 N–H and O–H groups in total. The van der Waals surface area contributed by atoms with Crippen LogP contribution in [-0.2, 0) is 83.2 Å². The predicted octanol–water partition coefficient (Wildman–Crippen LogP) is 10.9. The zero-order chi connectivity index (χ0) is 52.8. The topological polar surface area (TPSA) is 130 Å². The first kappa shape index (κ1) is 55.5. The van der Waals surface area contributed by atoms with Crippen LogP contribution >= 0.6 is 0 Å². The van der Waals surface area contributed by atoms with Crippen molar-refractivity contribution in [3.63, 3.8) is 0 Å². The van der Waals surface area contributed by atoms with Gasteiger partial charge in [-0.15, -0.1) is 0 Å². The molecule has 0 amide bonds. The smallest absolute Gasteiger partial charge is 0.223 e. The van der Waals surface area contributed by atoms with Gasteiger partial charge in [-0.1, -0.05) is 133 Å². The molecule has 1 aliphatic heterocycles. The molecule has 0 bridgehead atoms. The maximum absolute atomic E-state index is 16.3. The summed E-state index contributed by atoms with van der Waals surface area (Å²) in [6, 6.07) is 56.2. The Hall–Kier alpha value is -6.78. The average molecular weight is 1040 g/mol. The van der Waals surface area contributed by atoms with Gasteiger partial charge in [-0.3, -0.25) is 0 Å². The molecular weight excluding hydrogens is 968 g/mol. The molecule has 12 nitrogen and oxygen atoms in total. The Balaban J connectivity index is 1.20. The summed E-state index contributed by atoms with van der Waals surface area (Å²) in [7, 11) is 3.23. The summed E-state index contributed by atoms with van der Waals surface area (Å²) in [4.78, 5) is 10.6. The van der Waals surface area contributed by atoms with Crippen LogP contribution in [0.1, 0.15) is 57.3 Å². The van der Waals surface area contributed by atoms with Crippen molar-refractivity contribution in [1.29, 1.82) is 0 Å². The van der Waals surface area contributed by atoms with Crippen molar-refractivity contribution in [2.24, 2.45) is 0 Å². The van der Waals surface area contributed by atoms with Crippen molar-refractivity contribution >= 4 is 6.29 Å². The second-order valence-corrected chi connectivity index (χ2v) is 18.6. The molecule has 7 aromatic rings. The third-order valence-corrected chi connectivity index (χ3v) is 13.1. The van der Waals surface area contributed by atoms with Gasteiger partial charge in [-0.05, 0) is 87.5 Å². The minimum Gasteiger partial charge on any atom is -0.497 e. The number of rotatable bonds is 30. The van der Waals surface area contributed by atoms with Gasteiger partial charge in [0.05, 0.1) is 73.7 Å². The van der Waals surface area contributed by atoms with Crippen LogP contribution in [-0.4, -0.2) is 82.6 Å². The molecule has 0 unspecified atom stereocenters. The van der Waals surface area contributed by atoms with E-state index in [-0.39, 0.29) is 58.2 Å². The normalized spacial score (nSPS) is 18.0. The van der Waals surface area contributed by atoms with Crippen LogP contribution in [0.4, 0.5) is 4.39 Å². The Morgan fingerprint density at radius 2 is 1.01 bits per heavy atom. The number of methoxy groups -OCH3 is 2. The molecule has 7 aromatic carbocycles. The highest BCUT2D eigenvalue weighted by atomic mass is 19.1. The summed E-state index contributed by atoms with van der Waals surface area (Å²) in [6.07, 6.45) is -1.38. The van der Waals surface area contributed by atoms with Crippen LogP contribution in [0.25, 0.3) is 0 Å². The van der Waals surface area contributed by atoms with Crippen molar-refractivity contribution < 1.29 is 61.7 Å². The van der Waals surface area contributed by atoms with Crippen LogP contribution in [0.5, 0.6) is 17.2 Å². The molecule has 0 radical (unpaired) electrons. The molecular formula is C63H67FO12. The van der Waals surface area contributed by atoms with Crippen LogP contribution in [0.2, 0.25) is 0 Å². The molecule has 0 spiro atoms. The summed E-state index contributed by atoms with van der Waals surface area (Å²) < 4.78 is 80.5. The number of aldehydes is 1. The van der Waals surface area contributed by atoms with E-state index < -0.39 is 35.5 Å². The highest BCUT2D eigenvalue weighted by Gasteiger charge is 2.64. The second-order valence-electron chi connectivity index (χ2n) is 18.6. The molecule has 1 aliphatic rings. The van der Waals surface area contributed by atoms with E-state index in [4.69, 9.17) is 47.4 Å². The number of benzene rings is 7. The lowest BCUT2D eigenvalue weighted by Gasteiger charge is -2.55. The monoisotopic (exact) mass is 1030 g/mol. The summed E-state index contributed by atoms with van der Waals surface area (Å²) in [5, 5.41) is 13.9. The molecule has 4 atom stereocenters. The number of halogens is 1. The van der Waals surface area contributed by atoms with Crippen molar-refractivity contribution in [3.8, 4) is 17.2 Å². The Bertz CT molecular complexity index is 2730. The zero-order valence-corrected chi connectivity index (χ0v) is 43.1. The van der Waals surface area contributed by atoms with Crippen LogP contribution < -0.4 is 14.2 Å². The van der Waals surface area contributed by atoms with Gasteiger partial charge in [0, 0.05) is 31.4 Å². The summed E-state index contributed by atoms with van der Waals surface area (Å²) in [5.41, 5.74) is 4.03. The maximum Gasteiger partial charge on any atom is 0.223 e. The van der Waals surface area contributed by atoms with Crippen molar-refractivity contribution in [3.05, 3.63) is 232 Å². The van der Waals surface area contributed by atoms with Crippen LogP contribution in [0, 0.1) is 5.82 Å². The van der Waals surface area contributed by atoms with E-state index in [1.807, 2.05) is 164 Å². The van der Waals surface area contributed by atoms with Gasteiger partial charge in [0.15, 0.2) is 0 Å². The van der Waals surface area contributed by atoms with Gasteiger partial charge in [-0.2, -0.15) is 0 Å². The van der Waals surface area contributed by atoms with E-state index in [9.17, 15) is 9.90 Å². The van der Waals surface area contributed by atoms with Gasteiger partial charge in [0.2, 0.25) is 5.79 Å². The van der Waals surface area contributed by atoms with Crippen molar-refractivity contribution in [1.82, 2.24) is 0 Å².